The zero-order valence-electron chi connectivity index (χ0n) is 30.0. The van der Waals surface area contributed by atoms with Crippen molar-refractivity contribution >= 4 is 35.5 Å². The van der Waals surface area contributed by atoms with E-state index in [1.807, 2.05) is 48.5 Å². The van der Waals surface area contributed by atoms with E-state index >= 15 is 0 Å². The van der Waals surface area contributed by atoms with E-state index in [4.69, 9.17) is 9.47 Å². The van der Waals surface area contributed by atoms with Gasteiger partial charge in [0, 0.05) is 22.4 Å². The zero-order valence-corrected chi connectivity index (χ0v) is 31.7. The summed E-state index contributed by atoms with van der Waals surface area (Å²) in [4.78, 5) is 32.6. The summed E-state index contributed by atoms with van der Waals surface area (Å²) >= 11 is 2.97. The molecule has 0 aliphatic carbocycles. The van der Waals surface area contributed by atoms with Gasteiger partial charge in [-0.3, -0.25) is 19.4 Å². The van der Waals surface area contributed by atoms with Crippen LogP contribution in [0.3, 0.4) is 0 Å². The Morgan fingerprint density at radius 2 is 1.48 bits per heavy atom. The van der Waals surface area contributed by atoms with Crippen molar-refractivity contribution in [2.75, 3.05) is 33.4 Å². The van der Waals surface area contributed by atoms with Crippen LogP contribution < -0.4 is 9.47 Å². The van der Waals surface area contributed by atoms with Gasteiger partial charge in [-0.15, -0.1) is 0 Å². The molecule has 5 rings (SSSR count). The first kappa shape index (κ1) is 39.2. The topological polar surface area (TPSA) is 99.5 Å². The number of para-hydroxylation sites is 2. The van der Waals surface area contributed by atoms with Gasteiger partial charge in [-0.1, -0.05) is 93.2 Å². The van der Waals surface area contributed by atoms with Crippen molar-refractivity contribution in [2.45, 2.75) is 83.2 Å². The van der Waals surface area contributed by atoms with E-state index in [2.05, 4.69) is 45.0 Å². The second kappa shape index (κ2) is 18.1. The highest BCUT2D eigenvalue weighted by Gasteiger charge is 2.44. The van der Waals surface area contributed by atoms with Gasteiger partial charge in [0.05, 0.1) is 9.79 Å². The first-order valence-electron chi connectivity index (χ1n) is 17.5. The number of benzene rings is 4. The smallest absolute Gasteiger partial charge is 0.323 e. The fourth-order valence-corrected chi connectivity index (χ4v) is 8.18. The van der Waals surface area contributed by atoms with Crippen LogP contribution in [-0.4, -0.2) is 83.4 Å². The van der Waals surface area contributed by atoms with Gasteiger partial charge in [-0.05, 0) is 92.0 Å². The molecule has 276 valence electrons. The van der Waals surface area contributed by atoms with Crippen LogP contribution in [0.4, 0.5) is 4.39 Å². The fourth-order valence-electron chi connectivity index (χ4n) is 6.33. The molecule has 52 heavy (non-hydrogen) atoms. The number of carbonyl (C=O) groups is 2. The van der Waals surface area contributed by atoms with Crippen molar-refractivity contribution in [1.82, 2.24) is 9.80 Å². The Balaban J connectivity index is 1.25. The maximum atomic E-state index is 13.8. The number of likely N-dealkylation sites (N-methyl/N-ethyl adjacent to an activating group) is 1. The van der Waals surface area contributed by atoms with Crippen molar-refractivity contribution in [3.8, 4) is 11.5 Å². The molecule has 0 aromatic heterocycles. The van der Waals surface area contributed by atoms with Crippen LogP contribution in [0.25, 0.3) is 0 Å². The normalized spacial score (nSPS) is 16.3. The summed E-state index contributed by atoms with van der Waals surface area (Å²) in [6.45, 7) is 7.51. The number of piperidine rings is 1. The van der Waals surface area contributed by atoms with Gasteiger partial charge >= 0.3 is 11.9 Å². The average molecular weight is 747 g/mol. The maximum absolute atomic E-state index is 13.8. The van der Waals surface area contributed by atoms with Crippen molar-refractivity contribution in [2.24, 2.45) is 0 Å². The number of halogens is 1. The third-order valence-corrected chi connectivity index (χ3v) is 11.2. The number of carboxylic acid groups (broad SMARTS) is 2. The molecule has 11 heteroatoms. The molecule has 1 fully saturated rings. The maximum Gasteiger partial charge on any atom is 0.323 e. The minimum atomic E-state index is -1.34. The highest BCUT2D eigenvalue weighted by Crippen LogP contribution is 2.37. The van der Waals surface area contributed by atoms with E-state index < -0.39 is 24.0 Å². The molecule has 1 saturated heterocycles. The van der Waals surface area contributed by atoms with E-state index in [1.54, 1.807) is 35.8 Å². The summed E-state index contributed by atoms with van der Waals surface area (Å²) in [5.41, 5.74) is 1.32. The van der Waals surface area contributed by atoms with Crippen LogP contribution in [0.2, 0.25) is 0 Å². The Morgan fingerprint density at radius 1 is 0.846 bits per heavy atom. The van der Waals surface area contributed by atoms with E-state index in [9.17, 15) is 24.2 Å². The molecule has 1 aliphatic heterocycles. The lowest BCUT2D eigenvalue weighted by Gasteiger charge is -2.43. The lowest BCUT2D eigenvalue weighted by atomic mass is 9.87. The summed E-state index contributed by atoms with van der Waals surface area (Å²) in [6, 6.07) is 27.0. The van der Waals surface area contributed by atoms with E-state index in [-0.39, 0.29) is 37.0 Å². The molecule has 0 amide bonds. The molecule has 4 aromatic rings. The van der Waals surface area contributed by atoms with Gasteiger partial charge in [0.1, 0.15) is 42.6 Å². The quantitative estimate of drug-likeness (QED) is 0.116. The predicted octanol–water partition coefficient (Wildman–Crippen LogP) is 8.58. The molecule has 1 heterocycles. The molecule has 2 N–H and O–H groups in total. The van der Waals surface area contributed by atoms with Gasteiger partial charge < -0.3 is 19.7 Å². The number of hydrogen-bond acceptors (Lipinski definition) is 8. The fraction of sp³-hybridized carbons (Fsp3) is 0.366. The number of likely N-dealkylation sites (tertiary alicyclic amines) is 1. The van der Waals surface area contributed by atoms with Crippen LogP contribution in [-0.2, 0) is 15.0 Å². The van der Waals surface area contributed by atoms with Gasteiger partial charge in [0.15, 0.2) is 0 Å². The first-order chi connectivity index (χ1) is 24.9. The Bertz CT molecular complexity index is 1800. The van der Waals surface area contributed by atoms with E-state index in [0.29, 0.717) is 24.5 Å². The molecular formula is C41H47FN2O6S2. The first-order valence-corrected chi connectivity index (χ1v) is 19.1. The SMILES string of the molecule is CN(CCOc1ccccc1Sc1cccc(F)c1)C(C(=O)O)C(C(=O)O)N1CCCCC1COc1ccccc1Sc1ccc(C(C)(C)C)cc1. The second-order valence-corrected chi connectivity index (χ2v) is 16.2. The predicted molar refractivity (Wildman–Crippen MR) is 203 cm³/mol. The number of nitrogens with zero attached hydrogens (tertiary/aromatic N) is 2. The van der Waals surface area contributed by atoms with Crippen LogP contribution in [0, 0.1) is 5.82 Å². The minimum Gasteiger partial charge on any atom is -0.491 e. The molecule has 3 atom stereocenters. The van der Waals surface area contributed by atoms with E-state index in [0.717, 1.165) is 32.4 Å². The summed E-state index contributed by atoms with van der Waals surface area (Å²) < 4.78 is 26.3. The number of rotatable bonds is 16. The van der Waals surface area contributed by atoms with Crippen LogP contribution in [0.1, 0.15) is 45.6 Å². The lowest BCUT2D eigenvalue weighted by Crippen LogP contribution is -2.62. The highest BCUT2D eigenvalue weighted by molar-refractivity contribution is 7.99. The van der Waals surface area contributed by atoms with Crippen molar-refractivity contribution in [3.63, 3.8) is 0 Å². The zero-order chi connectivity index (χ0) is 37.3. The van der Waals surface area contributed by atoms with Gasteiger partial charge in [0.2, 0.25) is 0 Å². The Labute approximate surface area is 314 Å². The third-order valence-electron chi connectivity index (χ3n) is 9.11. The Kier molecular flexibility index (Phi) is 13.7. The Morgan fingerprint density at radius 3 is 2.10 bits per heavy atom. The minimum absolute atomic E-state index is 0.0595. The van der Waals surface area contributed by atoms with Gasteiger partial charge in [-0.2, -0.15) is 0 Å². The molecule has 0 radical (unpaired) electrons. The molecule has 4 aromatic carbocycles. The average Bonchev–Trinajstić information content (AvgIpc) is 3.10. The molecule has 0 saturated carbocycles. The molecule has 3 unspecified atom stereocenters. The van der Waals surface area contributed by atoms with Crippen molar-refractivity contribution in [3.05, 3.63) is 108 Å². The van der Waals surface area contributed by atoms with Crippen LogP contribution in [0.15, 0.2) is 117 Å². The van der Waals surface area contributed by atoms with Crippen LogP contribution >= 0.6 is 23.5 Å². The Hall–Kier alpha value is -4.03. The number of aliphatic carboxylic acids is 2. The summed E-state index contributed by atoms with van der Waals surface area (Å²) in [5.74, 6) is -1.48. The van der Waals surface area contributed by atoms with Crippen molar-refractivity contribution in [1.29, 1.82) is 0 Å². The van der Waals surface area contributed by atoms with Crippen LogP contribution in [0.5, 0.6) is 11.5 Å². The number of hydrogen-bond donors (Lipinski definition) is 2. The third kappa shape index (κ3) is 10.5. The summed E-state index contributed by atoms with van der Waals surface area (Å²) in [7, 11) is 1.61. The molecule has 0 bridgehead atoms. The van der Waals surface area contributed by atoms with Gasteiger partial charge in [0.25, 0.3) is 0 Å². The molecule has 8 nitrogen and oxygen atoms in total. The second-order valence-electron chi connectivity index (χ2n) is 13.9. The number of carboxylic acids is 2. The highest BCUT2D eigenvalue weighted by atomic mass is 32.2. The standard InChI is InChI=1S/C41H47FN2O6S2/c1-41(2,3)28-19-21-31(22-20-28)51-36-18-8-6-16-34(36)50-27-30-13-9-10-23-44(30)38(40(47)48)37(39(45)46)43(4)24-25-49-33-15-5-7-17-35(33)52-32-14-11-12-29(42)26-32/h5-8,11-12,14-22,26,30,37-38H,9-10,13,23-25,27H2,1-4H3,(H,45,46)(H,47,48). The largest absolute Gasteiger partial charge is 0.491 e. The molecule has 1 aliphatic rings. The van der Waals surface area contributed by atoms with Crippen molar-refractivity contribution < 1.29 is 33.7 Å². The lowest BCUT2D eigenvalue weighted by molar-refractivity contribution is -0.159. The summed E-state index contributed by atoms with van der Waals surface area (Å²) in [5, 5.41) is 21.0. The molecule has 0 spiro atoms. The molecular weight excluding hydrogens is 700 g/mol. The summed E-state index contributed by atoms with van der Waals surface area (Å²) in [6.07, 6.45) is 2.34. The van der Waals surface area contributed by atoms with E-state index in [1.165, 1.54) is 34.4 Å². The monoisotopic (exact) mass is 746 g/mol. The van der Waals surface area contributed by atoms with Gasteiger partial charge in [-0.25, -0.2) is 4.39 Å². The number of ether oxygens (including phenoxy) is 2.